The molecule has 30 heavy (non-hydrogen) atoms. The van der Waals surface area contributed by atoms with Crippen molar-refractivity contribution in [3.8, 4) is 0 Å². The summed E-state index contributed by atoms with van der Waals surface area (Å²) in [6.45, 7) is 0.670. The summed E-state index contributed by atoms with van der Waals surface area (Å²) in [5.74, 6) is 0.800. The van der Waals surface area contributed by atoms with Gasteiger partial charge in [-0.1, -0.05) is 60.1 Å². The van der Waals surface area contributed by atoms with E-state index in [4.69, 9.17) is 16.3 Å². The first kappa shape index (κ1) is 21.3. The molecule has 2 aromatic carbocycles. The van der Waals surface area contributed by atoms with Crippen LogP contribution in [-0.4, -0.2) is 49.1 Å². The lowest BCUT2D eigenvalue weighted by molar-refractivity contribution is -0.133. The molecule has 0 spiro atoms. The topological polar surface area (TPSA) is 63.7 Å². The Kier molecular flexibility index (Phi) is 6.41. The van der Waals surface area contributed by atoms with Crippen molar-refractivity contribution in [1.82, 2.24) is 4.90 Å². The van der Waals surface area contributed by atoms with Crippen LogP contribution in [0.15, 0.2) is 60.4 Å². The third-order valence-corrected chi connectivity index (χ3v) is 8.42. The standard InChI is InChI=1S/C22H22ClNO4S2/c23-19-9-5-4-8-17(19)14-24(18-10-13-30(26,27)15-18)22(25)20-21(29-12-11-28-20)16-6-2-1-3-7-16/h1-9,18H,10-15H2/t18-/m0/s1. The molecule has 1 fully saturated rings. The summed E-state index contributed by atoms with van der Waals surface area (Å²) in [7, 11) is -3.16. The molecule has 1 atom stereocenters. The van der Waals surface area contributed by atoms with E-state index in [0.29, 0.717) is 18.1 Å². The summed E-state index contributed by atoms with van der Waals surface area (Å²) in [6.07, 6.45) is 0.416. The van der Waals surface area contributed by atoms with Gasteiger partial charge in [0.2, 0.25) is 0 Å². The van der Waals surface area contributed by atoms with E-state index in [1.807, 2.05) is 48.5 Å². The van der Waals surface area contributed by atoms with Gasteiger partial charge in [0.1, 0.15) is 0 Å². The number of hydrogen-bond donors (Lipinski definition) is 0. The van der Waals surface area contributed by atoms with Crippen molar-refractivity contribution in [1.29, 1.82) is 0 Å². The van der Waals surface area contributed by atoms with Crippen molar-refractivity contribution in [2.45, 2.75) is 19.0 Å². The van der Waals surface area contributed by atoms with Gasteiger partial charge < -0.3 is 9.64 Å². The first-order chi connectivity index (χ1) is 14.4. The molecule has 0 saturated carbocycles. The number of sulfone groups is 1. The fourth-order valence-electron chi connectivity index (χ4n) is 3.71. The average molecular weight is 464 g/mol. The summed E-state index contributed by atoms with van der Waals surface area (Å²) >= 11 is 7.93. The van der Waals surface area contributed by atoms with Crippen molar-refractivity contribution in [3.63, 3.8) is 0 Å². The molecule has 2 aromatic rings. The van der Waals surface area contributed by atoms with Gasteiger partial charge in [-0.15, -0.1) is 11.8 Å². The number of carbonyl (C=O) groups is 1. The molecule has 1 saturated heterocycles. The van der Waals surface area contributed by atoms with Crippen molar-refractivity contribution in [2.24, 2.45) is 0 Å². The van der Waals surface area contributed by atoms with E-state index in [1.165, 1.54) is 0 Å². The molecule has 0 N–H and O–H groups in total. The molecule has 0 aliphatic carbocycles. The Labute approximate surface area is 186 Å². The Bertz CT molecular complexity index is 1070. The number of ether oxygens (including phenoxy) is 1. The fourth-order valence-corrected chi connectivity index (χ4v) is 6.59. The number of thioether (sulfide) groups is 1. The highest BCUT2D eigenvalue weighted by molar-refractivity contribution is 8.08. The number of amides is 1. The Morgan fingerprint density at radius 1 is 1.13 bits per heavy atom. The van der Waals surface area contributed by atoms with Crippen LogP contribution < -0.4 is 0 Å². The lowest BCUT2D eigenvalue weighted by Crippen LogP contribution is -2.42. The molecule has 8 heteroatoms. The molecular weight excluding hydrogens is 442 g/mol. The van der Waals surface area contributed by atoms with Crippen LogP contribution in [-0.2, 0) is 25.9 Å². The minimum absolute atomic E-state index is 0.0374. The Hall–Kier alpha value is -1.96. The number of carbonyl (C=O) groups excluding carboxylic acids is 1. The zero-order valence-corrected chi connectivity index (χ0v) is 18.7. The summed E-state index contributed by atoms with van der Waals surface area (Å²) in [4.78, 5) is 16.1. The smallest absolute Gasteiger partial charge is 0.290 e. The maximum atomic E-state index is 13.7. The molecule has 0 radical (unpaired) electrons. The van der Waals surface area contributed by atoms with E-state index < -0.39 is 15.9 Å². The minimum Gasteiger partial charge on any atom is -0.486 e. The predicted octanol–water partition coefficient (Wildman–Crippen LogP) is 3.99. The zero-order valence-electron chi connectivity index (χ0n) is 16.3. The highest BCUT2D eigenvalue weighted by Crippen LogP contribution is 2.36. The van der Waals surface area contributed by atoms with E-state index in [-0.39, 0.29) is 29.7 Å². The van der Waals surface area contributed by atoms with Crippen molar-refractivity contribution in [3.05, 3.63) is 76.5 Å². The van der Waals surface area contributed by atoms with Crippen LogP contribution in [0.1, 0.15) is 17.5 Å². The number of halogens is 1. The summed E-state index contributed by atoms with van der Waals surface area (Å²) < 4.78 is 30.1. The number of benzene rings is 2. The van der Waals surface area contributed by atoms with Gasteiger partial charge in [0.05, 0.1) is 23.0 Å². The largest absolute Gasteiger partial charge is 0.486 e. The van der Waals surface area contributed by atoms with Crippen LogP contribution >= 0.6 is 23.4 Å². The van der Waals surface area contributed by atoms with Crippen molar-refractivity contribution < 1.29 is 17.9 Å². The monoisotopic (exact) mass is 463 g/mol. The second-order valence-corrected chi connectivity index (χ2v) is 11.0. The maximum Gasteiger partial charge on any atom is 0.290 e. The van der Waals surface area contributed by atoms with Crippen LogP contribution in [0.3, 0.4) is 0 Å². The molecule has 0 unspecified atom stereocenters. The summed E-state index contributed by atoms with van der Waals surface area (Å²) in [5, 5.41) is 0.548. The molecule has 158 valence electrons. The van der Waals surface area contributed by atoms with E-state index >= 15 is 0 Å². The second-order valence-electron chi connectivity index (χ2n) is 7.30. The molecule has 0 aromatic heterocycles. The molecule has 5 nitrogen and oxygen atoms in total. The fraction of sp³-hybridized carbons (Fsp3) is 0.318. The van der Waals surface area contributed by atoms with Gasteiger partial charge in [-0.25, -0.2) is 8.42 Å². The number of hydrogen-bond acceptors (Lipinski definition) is 5. The van der Waals surface area contributed by atoms with Crippen LogP contribution in [0.4, 0.5) is 0 Å². The first-order valence-corrected chi connectivity index (χ1v) is 12.9. The highest BCUT2D eigenvalue weighted by atomic mass is 35.5. The van der Waals surface area contributed by atoms with Crippen molar-refractivity contribution in [2.75, 3.05) is 23.9 Å². The van der Waals surface area contributed by atoms with Crippen LogP contribution in [0.5, 0.6) is 0 Å². The van der Waals surface area contributed by atoms with E-state index in [9.17, 15) is 13.2 Å². The molecule has 4 rings (SSSR count). The van der Waals surface area contributed by atoms with E-state index in [2.05, 4.69) is 0 Å². The number of rotatable bonds is 5. The Morgan fingerprint density at radius 3 is 2.57 bits per heavy atom. The lowest BCUT2D eigenvalue weighted by atomic mass is 10.1. The van der Waals surface area contributed by atoms with Crippen LogP contribution in [0, 0.1) is 0 Å². The maximum absolute atomic E-state index is 13.7. The van der Waals surface area contributed by atoms with E-state index in [0.717, 1.165) is 21.8 Å². The molecule has 0 bridgehead atoms. The molecular formula is C22H22ClNO4S2. The first-order valence-electron chi connectivity index (χ1n) is 9.75. The van der Waals surface area contributed by atoms with Gasteiger partial charge in [-0.05, 0) is 23.6 Å². The Balaban J connectivity index is 1.73. The SMILES string of the molecule is O=C(C1=C(c2ccccc2)SCCO1)N(Cc1ccccc1Cl)[C@H]1CCS(=O)(=O)C1. The second kappa shape index (κ2) is 9.04. The normalized spacial score (nSPS) is 20.6. The van der Waals surface area contributed by atoms with Crippen molar-refractivity contribution >= 4 is 44.0 Å². The predicted molar refractivity (Wildman–Crippen MR) is 121 cm³/mol. The molecule has 2 aliphatic heterocycles. The van der Waals surface area contributed by atoms with Crippen LogP contribution in [0.2, 0.25) is 5.02 Å². The molecule has 1 amide bonds. The third kappa shape index (κ3) is 4.68. The van der Waals surface area contributed by atoms with Gasteiger partial charge in [0.25, 0.3) is 5.91 Å². The Morgan fingerprint density at radius 2 is 1.87 bits per heavy atom. The zero-order chi connectivity index (χ0) is 21.1. The lowest BCUT2D eigenvalue weighted by Gasteiger charge is -2.31. The van der Waals surface area contributed by atoms with Gasteiger partial charge in [-0.2, -0.15) is 0 Å². The summed E-state index contributed by atoms with van der Waals surface area (Å²) in [6, 6.07) is 16.6. The van der Waals surface area contributed by atoms with Gasteiger partial charge in [0, 0.05) is 23.4 Å². The van der Waals surface area contributed by atoms with Crippen LogP contribution in [0.25, 0.3) is 4.91 Å². The van der Waals surface area contributed by atoms with Gasteiger partial charge in [0.15, 0.2) is 15.6 Å². The van der Waals surface area contributed by atoms with Gasteiger partial charge >= 0.3 is 0 Å². The van der Waals surface area contributed by atoms with Gasteiger partial charge in [-0.3, -0.25) is 4.79 Å². The molecule has 2 heterocycles. The number of nitrogens with zero attached hydrogens (tertiary/aromatic N) is 1. The minimum atomic E-state index is -3.16. The quantitative estimate of drug-likeness (QED) is 0.670. The summed E-state index contributed by atoms with van der Waals surface area (Å²) in [5.41, 5.74) is 1.70. The third-order valence-electron chi connectivity index (χ3n) is 5.22. The average Bonchev–Trinajstić information content (AvgIpc) is 3.12. The van der Waals surface area contributed by atoms with E-state index in [1.54, 1.807) is 22.7 Å². The highest BCUT2D eigenvalue weighted by Gasteiger charge is 2.38. The molecule has 2 aliphatic rings.